The normalized spacial score (nSPS) is 9.94. The maximum Gasteiger partial charge on any atom is -0.147 e. The molecular formula is C14H22ClSn. The molecule has 0 fully saturated rings. The Morgan fingerprint density at radius 2 is 1.62 bits per heavy atom. The maximum atomic E-state index is 2.33. The second-order valence-corrected chi connectivity index (χ2v) is 5.69. The molecule has 0 bridgehead atoms. The van der Waals surface area contributed by atoms with Gasteiger partial charge in [-0.3, -0.25) is 0 Å². The van der Waals surface area contributed by atoms with Gasteiger partial charge in [0.15, 0.2) is 0 Å². The van der Waals surface area contributed by atoms with Gasteiger partial charge in [-0.1, -0.05) is 0 Å². The van der Waals surface area contributed by atoms with Crippen molar-refractivity contribution in [2.24, 2.45) is 0 Å². The predicted molar refractivity (Wildman–Crippen MR) is 76.3 cm³/mol. The molecule has 0 nitrogen and oxygen atoms in total. The largest absolute Gasteiger partial charge is 0.147 e. The molecule has 89 valence electrons. The van der Waals surface area contributed by atoms with Crippen molar-refractivity contribution >= 4 is 38.5 Å². The molecule has 0 aliphatic carbocycles. The summed E-state index contributed by atoms with van der Waals surface area (Å²) in [7, 11) is 0. The average molecular weight is 344 g/mol. The van der Waals surface area contributed by atoms with Crippen molar-refractivity contribution in [3.8, 4) is 0 Å². The Morgan fingerprint density at radius 1 is 1.00 bits per heavy atom. The minimum atomic E-state index is 0. The van der Waals surface area contributed by atoms with Crippen molar-refractivity contribution in [3.63, 3.8) is 0 Å². The molecule has 0 unspecified atom stereocenters. The van der Waals surface area contributed by atoms with Gasteiger partial charge in [-0.2, -0.15) is 0 Å². The predicted octanol–water partition coefficient (Wildman–Crippen LogP) is 3.59. The summed E-state index contributed by atoms with van der Waals surface area (Å²) < 4.78 is 1.57. The summed E-state index contributed by atoms with van der Waals surface area (Å²) in [6.45, 7) is 4.55. The molecule has 0 saturated carbocycles. The van der Waals surface area contributed by atoms with E-state index in [4.69, 9.17) is 0 Å². The van der Waals surface area contributed by atoms with Gasteiger partial charge in [-0.25, -0.2) is 0 Å². The third-order valence-corrected chi connectivity index (χ3v) is 4.19. The van der Waals surface area contributed by atoms with Gasteiger partial charge in [-0.15, -0.1) is 12.4 Å². The molecule has 0 amide bonds. The van der Waals surface area contributed by atoms with Crippen LogP contribution >= 0.6 is 12.4 Å². The molecule has 1 rings (SSSR count). The van der Waals surface area contributed by atoms with Crippen molar-refractivity contribution in [2.75, 3.05) is 0 Å². The van der Waals surface area contributed by atoms with Gasteiger partial charge in [-0.05, 0) is 0 Å². The standard InChI is InChI=1S/C14H21.ClH.Sn/c1-3-5-9-13-11-7-8-12-14(13)10-6-4-2;;/h7-8,11H,3-6,9-10H2,1-2H3;1H;. The molecule has 16 heavy (non-hydrogen) atoms. The topological polar surface area (TPSA) is 0 Å². The van der Waals surface area contributed by atoms with Crippen LogP contribution in [0.1, 0.15) is 50.7 Å². The van der Waals surface area contributed by atoms with Crippen LogP contribution in [0.15, 0.2) is 18.2 Å². The number of benzene rings is 1. The Labute approximate surface area is 120 Å². The molecule has 0 N–H and O–H groups in total. The van der Waals surface area contributed by atoms with E-state index in [0.29, 0.717) is 0 Å². The van der Waals surface area contributed by atoms with Crippen LogP contribution < -0.4 is 3.58 Å². The fourth-order valence-electron chi connectivity index (χ4n) is 1.88. The van der Waals surface area contributed by atoms with Gasteiger partial charge in [0.25, 0.3) is 0 Å². The van der Waals surface area contributed by atoms with Crippen LogP contribution in [0.4, 0.5) is 0 Å². The number of aryl methyl sites for hydroxylation is 1. The minimum Gasteiger partial charge on any atom is -0.147 e. The van der Waals surface area contributed by atoms with Gasteiger partial charge in [0.05, 0.1) is 0 Å². The quantitative estimate of drug-likeness (QED) is 0.692. The molecule has 0 heterocycles. The molecule has 0 atom stereocenters. The van der Waals surface area contributed by atoms with Crippen LogP contribution in [-0.4, -0.2) is 22.5 Å². The molecule has 1 aromatic carbocycles. The second kappa shape index (κ2) is 9.35. The Balaban J connectivity index is 0.00000225. The molecule has 3 radical (unpaired) electrons. The Bertz CT molecular complexity index is 297. The van der Waals surface area contributed by atoms with Crippen molar-refractivity contribution in [2.45, 2.75) is 52.4 Å². The number of hydrogen-bond donors (Lipinski definition) is 0. The summed E-state index contributed by atoms with van der Waals surface area (Å²) >= 11 is 1.57. The van der Waals surface area contributed by atoms with Gasteiger partial charge >= 0.3 is 108 Å². The number of halogens is 1. The third-order valence-electron chi connectivity index (χ3n) is 2.85. The fourth-order valence-corrected chi connectivity index (χ4v) is 2.97. The van der Waals surface area contributed by atoms with E-state index in [1.807, 2.05) is 0 Å². The zero-order valence-corrected chi connectivity index (χ0v) is 14.1. The zero-order valence-electron chi connectivity index (χ0n) is 10.4. The number of rotatable bonds is 6. The molecule has 2 heteroatoms. The molecule has 0 saturated heterocycles. The van der Waals surface area contributed by atoms with E-state index in [9.17, 15) is 0 Å². The van der Waals surface area contributed by atoms with Gasteiger partial charge in [0.2, 0.25) is 0 Å². The number of unbranched alkanes of at least 4 members (excludes halogenated alkanes) is 2. The van der Waals surface area contributed by atoms with E-state index in [0.717, 1.165) is 0 Å². The van der Waals surface area contributed by atoms with Crippen LogP contribution in [-0.2, 0) is 12.8 Å². The Morgan fingerprint density at radius 3 is 2.25 bits per heavy atom. The summed E-state index contributed by atoms with van der Waals surface area (Å²) in [6, 6.07) is 6.84. The summed E-state index contributed by atoms with van der Waals surface area (Å²) in [6.07, 6.45) is 7.84. The summed E-state index contributed by atoms with van der Waals surface area (Å²) in [5.41, 5.74) is 3.27. The zero-order chi connectivity index (χ0) is 11.1. The van der Waals surface area contributed by atoms with E-state index in [2.05, 4.69) is 32.0 Å². The van der Waals surface area contributed by atoms with Crippen LogP contribution in [0, 0.1) is 0 Å². The van der Waals surface area contributed by atoms with E-state index in [1.54, 1.807) is 37.2 Å². The van der Waals surface area contributed by atoms with Gasteiger partial charge in [0, 0.05) is 0 Å². The smallest absolute Gasteiger partial charge is 0.147 e. The second-order valence-electron chi connectivity index (χ2n) is 4.15. The van der Waals surface area contributed by atoms with E-state index in [-0.39, 0.29) is 12.4 Å². The molecule has 0 aliphatic rings. The Kier molecular flexibility index (Phi) is 9.53. The average Bonchev–Trinajstić information content (AvgIpc) is 2.25. The van der Waals surface area contributed by atoms with Crippen LogP contribution in [0.25, 0.3) is 0 Å². The molecular weight excluding hydrogens is 322 g/mol. The first kappa shape index (κ1) is 16.3. The summed E-state index contributed by atoms with van der Waals surface area (Å²) in [5, 5.41) is 0. The first-order chi connectivity index (χ1) is 7.29. The SMILES string of the molecule is CCCCc1ccc[c]([Sn])c1CCCC.Cl. The molecule has 0 aromatic heterocycles. The van der Waals surface area contributed by atoms with Crippen LogP contribution in [0.2, 0.25) is 0 Å². The molecule has 0 spiro atoms. The van der Waals surface area contributed by atoms with Crippen molar-refractivity contribution in [1.82, 2.24) is 0 Å². The van der Waals surface area contributed by atoms with Gasteiger partial charge in [0.1, 0.15) is 0 Å². The van der Waals surface area contributed by atoms with Crippen molar-refractivity contribution in [3.05, 3.63) is 29.3 Å². The van der Waals surface area contributed by atoms with E-state index >= 15 is 0 Å². The fraction of sp³-hybridized carbons (Fsp3) is 0.571. The first-order valence-corrected chi connectivity index (χ1v) is 7.54. The first-order valence-electron chi connectivity index (χ1n) is 6.12. The van der Waals surface area contributed by atoms with Gasteiger partial charge < -0.3 is 0 Å². The van der Waals surface area contributed by atoms with E-state index < -0.39 is 0 Å². The summed E-state index contributed by atoms with van der Waals surface area (Å²) in [4.78, 5) is 0. The maximum absolute atomic E-state index is 2.33. The Hall–Kier alpha value is 0.309. The van der Waals surface area contributed by atoms with Crippen molar-refractivity contribution in [1.29, 1.82) is 0 Å². The molecule has 0 aliphatic heterocycles. The minimum absolute atomic E-state index is 0. The van der Waals surface area contributed by atoms with Crippen LogP contribution in [0.5, 0.6) is 0 Å². The van der Waals surface area contributed by atoms with Crippen molar-refractivity contribution < 1.29 is 0 Å². The third kappa shape index (κ3) is 5.09. The van der Waals surface area contributed by atoms with Crippen LogP contribution in [0.3, 0.4) is 0 Å². The summed E-state index contributed by atoms with van der Waals surface area (Å²) in [5.74, 6) is 0. The number of hydrogen-bond acceptors (Lipinski definition) is 0. The monoisotopic (exact) mass is 345 g/mol. The molecule has 1 aromatic rings. The van der Waals surface area contributed by atoms with E-state index in [1.165, 1.54) is 38.5 Å².